The maximum absolute atomic E-state index is 13.3. The number of hydrogen-bond donors (Lipinski definition) is 0. The van der Waals surface area contributed by atoms with E-state index in [1.54, 1.807) is 22.5 Å². The summed E-state index contributed by atoms with van der Waals surface area (Å²) in [5, 5.41) is 0. The molecule has 5 rings (SSSR count). The fourth-order valence-corrected chi connectivity index (χ4v) is 6.65. The highest BCUT2D eigenvalue weighted by molar-refractivity contribution is 7.89. The number of imidazole rings is 1. The van der Waals surface area contributed by atoms with Crippen LogP contribution in [0.5, 0.6) is 0 Å². The van der Waals surface area contributed by atoms with Crippen LogP contribution in [0.2, 0.25) is 0 Å². The second-order valence-corrected chi connectivity index (χ2v) is 10.1. The van der Waals surface area contributed by atoms with Crippen LogP contribution in [0.15, 0.2) is 29.3 Å². The van der Waals surface area contributed by atoms with Gasteiger partial charge in [-0.3, -0.25) is 0 Å². The molecule has 2 aromatic heterocycles. The SMILES string of the molecule is Cc1cnc(C2CCCO2)n1C1CCN(S(=O)(=O)c2cccc3nsnc23)CC1. The molecule has 0 N–H and O–H groups in total. The lowest BCUT2D eigenvalue weighted by Gasteiger charge is -2.33. The molecule has 1 aromatic carbocycles. The van der Waals surface area contributed by atoms with Crippen molar-refractivity contribution in [3.05, 3.63) is 35.9 Å². The van der Waals surface area contributed by atoms with E-state index in [9.17, 15) is 8.42 Å². The Morgan fingerprint density at radius 3 is 2.76 bits per heavy atom. The van der Waals surface area contributed by atoms with Gasteiger partial charge in [0, 0.05) is 37.6 Å². The largest absolute Gasteiger partial charge is 0.370 e. The van der Waals surface area contributed by atoms with Gasteiger partial charge in [0.2, 0.25) is 10.0 Å². The third-order valence-electron chi connectivity index (χ3n) is 5.88. The van der Waals surface area contributed by atoms with Crippen LogP contribution in [-0.4, -0.2) is 50.7 Å². The van der Waals surface area contributed by atoms with E-state index >= 15 is 0 Å². The van der Waals surface area contributed by atoms with Gasteiger partial charge in [-0.1, -0.05) is 6.07 Å². The van der Waals surface area contributed by atoms with Gasteiger partial charge in [0.05, 0.1) is 11.7 Å². The molecule has 10 heteroatoms. The average molecular weight is 434 g/mol. The Morgan fingerprint density at radius 1 is 1.17 bits per heavy atom. The monoisotopic (exact) mass is 433 g/mol. The highest BCUT2D eigenvalue weighted by Gasteiger charge is 2.34. The van der Waals surface area contributed by atoms with E-state index in [1.165, 1.54) is 0 Å². The van der Waals surface area contributed by atoms with Crippen molar-refractivity contribution in [2.45, 2.75) is 49.6 Å². The number of benzene rings is 1. The van der Waals surface area contributed by atoms with E-state index in [4.69, 9.17) is 4.74 Å². The fourth-order valence-electron chi connectivity index (χ4n) is 4.43. The van der Waals surface area contributed by atoms with Crippen LogP contribution in [0, 0.1) is 6.92 Å². The number of aryl methyl sites for hydroxylation is 1. The smallest absolute Gasteiger partial charge is 0.245 e. The summed E-state index contributed by atoms with van der Waals surface area (Å²) in [6.07, 6.45) is 5.51. The summed E-state index contributed by atoms with van der Waals surface area (Å²) in [5.74, 6) is 0.986. The van der Waals surface area contributed by atoms with Crippen molar-refractivity contribution >= 4 is 32.8 Å². The second-order valence-electron chi connectivity index (χ2n) is 7.65. The van der Waals surface area contributed by atoms with Crippen LogP contribution < -0.4 is 0 Å². The Balaban J connectivity index is 1.37. The van der Waals surface area contributed by atoms with Crippen LogP contribution in [-0.2, 0) is 14.8 Å². The molecule has 4 heterocycles. The summed E-state index contributed by atoms with van der Waals surface area (Å²) in [5.41, 5.74) is 2.20. The van der Waals surface area contributed by atoms with Crippen LogP contribution in [0.3, 0.4) is 0 Å². The normalized spacial score (nSPS) is 21.9. The van der Waals surface area contributed by atoms with E-state index in [0.717, 1.165) is 55.5 Å². The number of aromatic nitrogens is 4. The topological polar surface area (TPSA) is 90.2 Å². The highest BCUT2D eigenvalue weighted by Crippen LogP contribution is 2.35. The average Bonchev–Trinajstić information content (AvgIpc) is 3.48. The predicted molar refractivity (Wildman–Crippen MR) is 109 cm³/mol. The standard InChI is InChI=1S/C19H23N5O3S2/c1-13-12-20-19(16-5-3-11-27-16)24(13)14-7-9-23(10-8-14)29(25,26)17-6-2-4-15-18(17)22-28-21-15/h2,4,6,12,14,16H,3,5,7-11H2,1H3. The first-order valence-corrected chi connectivity index (χ1v) is 12.1. The van der Waals surface area contributed by atoms with Gasteiger partial charge < -0.3 is 9.30 Å². The fraction of sp³-hybridized carbons (Fsp3) is 0.526. The molecule has 2 saturated heterocycles. The van der Waals surface area contributed by atoms with Crippen molar-refractivity contribution in [3.63, 3.8) is 0 Å². The molecule has 1 atom stereocenters. The molecule has 0 bridgehead atoms. The van der Waals surface area contributed by atoms with Gasteiger partial charge in [-0.15, -0.1) is 0 Å². The Labute approximate surface area is 173 Å². The van der Waals surface area contributed by atoms with Crippen molar-refractivity contribution in [2.75, 3.05) is 19.7 Å². The molecule has 0 saturated carbocycles. The lowest BCUT2D eigenvalue weighted by atomic mass is 10.1. The lowest BCUT2D eigenvalue weighted by molar-refractivity contribution is 0.0982. The Hall–Kier alpha value is -1.88. The minimum atomic E-state index is -3.60. The molecule has 3 aromatic rings. The number of ether oxygens (including phenoxy) is 1. The van der Waals surface area contributed by atoms with Gasteiger partial charge in [0.25, 0.3) is 0 Å². The number of fused-ring (bicyclic) bond motifs is 1. The van der Waals surface area contributed by atoms with Crippen molar-refractivity contribution < 1.29 is 13.2 Å². The summed E-state index contributed by atoms with van der Waals surface area (Å²) >= 11 is 1.04. The molecular formula is C19H23N5O3S2. The van der Waals surface area contributed by atoms with Gasteiger partial charge in [0.15, 0.2) is 0 Å². The minimum absolute atomic E-state index is 0.0558. The van der Waals surface area contributed by atoms with Gasteiger partial charge >= 0.3 is 0 Å². The number of rotatable bonds is 4. The van der Waals surface area contributed by atoms with E-state index in [2.05, 4.69) is 25.2 Å². The molecule has 2 aliphatic heterocycles. The molecule has 1 unspecified atom stereocenters. The molecule has 29 heavy (non-hydrogen) atoms. The Kier molecular flexibility index (Phi) is 4.89. The van der Waals surface area contributed by atoms with Crippen molar-refractivity contribution in [3.8, 4) is 0 Å². The van der Waals surface area contributed by atoms with Crippen LogP contribution >= 0.6 is 11.7 Å². The first kappa shape index (κ1) is 19.1. The summed E-state index contributed by atoms with van der Waals surface area (Å²) in [6.45, 7) is 3.79. The number of piperidine rings is 1. The van der Waals surface area contributed by atoms with Crippen molar-refractivity contribution in [1.29, 1.82) is 0 Å². The molecule has 0 aliphatic carbocycles. The Morgan fingerprint density at radius 2 is 2.00 bits per heavy atom. The number of sulfonamides is 1. The van der Waals surface area contributed by atoms with Crippen molar-refractivity contribution in [2.24, 2.45) is 0 Å². The van der Waals surface area contributed by atoms with Crippen molar-refractivity contribution in [1.82, 2.24) is 22.6 Å². The van der Waals surface area contributed by atoms with Gasteiger partial charge in [0.1, 0.15) is 27.9 Å². The quantitative estimate of drug-likeness (QED) is 0.628. The lowest BCUT2D eigenvalue weighted by Crippen LogP contribution is -2.39. The summed E-state index contributed by atoms with van der Waals surface area (Å²) in [7, 11) is -3.60. The summed E-state index contributed by atoms with van der Waals surface area (Å²) in [6, 6.07) is 5.38. The summed E-state index contributed by atoms with van der Waals surface area (Å²) < 4.78 is 44.6. The third kappa shape index (κ3) is 3.27. The minimum Gasteiger partial charge on any atom is -0.370 e. The zero-order chi connectivity index (χ0) is 20.0. The Bertz CT molecular complexity index is 1130. The number of nitrogens with zero attached hydrogens (tertiary/aromatic N) is 5. The van der Waals surface area contributed by atoms with E-state index < -0.39 is 10.0 Å². The molecular weight excluding hydrogens is 410 g/mol. The second kappa shape index (κ2) is 7.42. The first-order valence-electron chi connectivity index (χ1n) is 9.92. The highest BCUT2D eigenvalue weighted by atomic mass is 32.2. The van der Waals surface area contributed by atoms with Gasteiger partial charge in [-0.05, 0) is 44.7 Å². The number of hydrogen-bond acceptors (Lipinski definition) is 7. The van der Waals surface area contributed by atoms with Gasteiger partial charge in [-0.2, -0.15) is 13.1 Å². The molecule has 0 amide bonds. The molecule has 8 nitrogen and oxygen atoms in total. The van der Waals surface area contributed by atoms with Crippen LogP contribution in [0.25, 0.3) is 11.0 Å². The van der Waals surface area contributed by atoms with E-state index in [0.29, 0.717) is 24.1 Å². The summed E-state index contributed by atoms with van der Waals surface area (Å²) in [4.78, 5) is 4.86. The van der Waals surface area contributed by atoms with E-state index in [1.807, 2.05) is 6.20 Å². The molecule has 0 radical (unpaired) electrons. The maximum atomic E-state index is 13.3. The van der Waals surface area contributed by atoms with Crippen LogP contribution in [0.4, 0.5) is 0 Å². The molecule has 0 spiro atoms. The van der Waals surface area contributed by atoms with E-state index in [-0.39, 0.29) is 17.0 Å². The first-order chi connectivity index (χ1) is 14.1. The predicted octanol–water partition coefficient (Wildman–Crippen LogP) is 3.07. The zero-order valence-electron chi connectivity index (χ0n) is 16.2. The third-order valence-corrected chi connectivity index (χ3v) is 8.36. The van der Waals surface area contributed by atoms with Crippen LogP contribution in [0.1, 0.15) is 49.3 Å². The molecule has 2 fully saturated rings. The maximum Gasteiger partial charge on any atom is 0.245 e. The molecule has 2 aliphatic rings. The van der Waals surface area contributed by atoms with Gasteiger partial charge in [-0.25, -0.2) is 13.4 Å². The molecule has 154 valence electrons. The zero-order valence-corrected chi connectivity index (χ0v) is 17.8.